The molecule has 0 radical (unpaired) electrons. The SMILES string of the molecule is CCCC(=O)O.[Cs+].[H-]. The van der Waals surface area contributed by atoms with Crippen molar-refractivity contribution < 1.29 is 80.2 Å². The molecular weight excluding hydrogens is 213 g/mol. The Morgan fingerprint density at radius 1 is 1.86 bits per heavy atom. The van der Waals surface area contributed by atoms with Crippen molar-refractivity contribution in [1.82, 2.24) is 0 Å². The van der Waals surface area contributed by atoms with Gasteiger partial charge in [-0.05, 0) is 6.42 Å². The Hall–Kier alpha value is 1.52. The summed E-state index contributed by atoms with van der Waals surface area (Å²) in [7, 11) is 0. The number of hydrogen-bond donors (Lipinski definition) is 1. The number of rotatable bonds is 2. The smallest absolute Gasteiger partial charge is 1.00 e. The van der Waals surface area contributed by atoms with Crippen LogP contribution in [-0.2, 0) is 4.79 Å². The van der Waals surface area contributed by atoms with Crippen molar-refractivity contribution >= 4 is 5.97 Å². The van der Waals surface area contributed by atoms with Gasteiger partial charge in [0.05, 0.1) is 0 Å². The molecule has 0 aliphatic carbocycles. The van der Waals surface area contributed by atoms with Gasteiger partial charge in [-0.1, -0.05) is 6.92 Å². The van der Waals surface area contributed by atoms with Crippen LogP contribution in [0.5, 0.6) is 0 Å². The molecule has 0 rings (SSSR count). The second-order valence-electron chi connectivity index (χ2n) is 1.14. The van der Waals surface area contributed by atoms with Crippen molar-refractivity contribution in [3.8, 4) is 0 Å². The second-order valence-corrected chi connectivity index (χ2v) is 1.14. The first-order chi connectivity index (χ1) is 2.77. The molecule has 0 bridgehead atoms. The van der Waals surface area contributed by atoms with Gasteiger partial charge in [-0.3, -0.25) is 4.79 Å². The molecule has 0 aromatic rings. The van der Waals surface area contributed by atoms with Gasteiger partial charge in [0.25, 0.3) is 0 Å². The monoisotopic (exact) mass is 222 g/mol. The number of hydrogen-bond acceptors (Lipinski definition) is 1. The van der Waals surface area contributed by atoms with Crippen LogP contribution in [0.15, 0.2) is 0 Å². The summed E-state index contributed by atoms with van der Waals surface area (Å²) in [5, 5.41) is 7.91. The van der Waals surface area contributed by atoms with Gasteiger partial charge in [-0.25, -0.2) is 0 Å². The van der Waals surface area contributed by atoms with Gasteiger partial charge < -0.3 is 6.53 Å². The molecule has 0 aliphatic heterocycles. The average Bonchev–Trinajstić information content (AvgIpc) is 1.35. The van der Waals surface area contributed by atoms with E-state index in [1.165, 1.54) is 0 Å². The van der Waals surface area contributed by atoms with Crippen LogP contribution in [0, 0.1) is 0 Å². The van der Waals surface area contributed by atoms with Crippen molar-refractivity contribution in [3.05, 3.63) is 0 Å². The summed E-state index contributed by atoms with van der Waals surface area (Å²) in [4.78, 5) is 9.60. The molecule has 0 aromatic carbocycles. The Kier molecular flexibility index (Phi) is 12.2. The third kappa shape index (κ3) is 11.2. The molecule has 0 fully saturated rings. The molecule has 1 N–H and O–H groups in total. The van der Waals surface area contributed by atoms with Crippen molar-refractivity contribution in [2.75, 3.05) is 0 Å². The molecule has 0 aliphatic rings. The summed E-state index contributed by atoms with van der Waals surface area (Å²) >= 11 is 0. The molecule has 0 saturated carbocycles. The zero-order valence-corrected chi connectivity index (χ0v) is 11.0. The number of carboxylic acids is 1. The first kappa shape index (κ1) is 11.3. The fourth-order valence-corrected chi connectivity index (χ4v) is 0.214. The van der Waals surface area contributed by atoms with Crippen molar-refractivity contribution in [2.45, 2.75) is 19.8 Å². The predicted octanol–water partition coefficient (Wildman–Crippen LogP) is -2.01. The van der Waals surface area contributed by atoms with Crippen molar-refractivity contribution in [3.63, 3.8) is 0 Å². The molecule has 0 saturated heterocycles. The first-order valence-corrected chi connectivity index (χ1v) is 1.99. The Morgan fingerprint density at radius 2 is 2.29 bits per heavy atom. The minimum Gasteiger partial charge on any atom is -1.00 e. The maximum atomic E-state index is 9.60. The van der Waals surface area contributed by atoms with Gasteiger partial charge in [-0.15, -0.1) is 0 Å². The molecular formula is C4H9CsO2. The summed E-state index contributed by atoms with van der Waals surface area (Å²) in [6.07, 6.45) is 1.02. The van der Waals surface area contributed by atoms with E-state index >= 15 is 0 Å². The van der Waals surface area contributed by atoms with Crippen LogP contribution >= 0.6 is 0 Å². The van der Waals surface area contributed by atoms with Crippen LogP contribution in [-0.4, -0.2) is 11.1 Å². The molecule has 38 valence electrons. The van der Waals surface area contributed by atoms with Crippen molar-refractivity contribution in [2.24, 2.45) is 0 Å². The van der Waals surface area contributed by atoms with Crippen LogP contribution in [0.4, 0.5) is 0 Å². The van der Waals surface area contributed by atoms with Crippen LogP contribution < -0.4 is 68.9 Å². The van der Waals surface area contributed by atoms with E-state index < -0.39 is 5.97 Å². The van der Waals surface area contributed by atoms with Crippen LogP contribution in [0.2, 0.25) is 0 Å². The molecule has 0 unspecified atom stereocenters. The fraction of sp³-hybridized carbons (Fsp3) is 0.750. The normalized spacial score (nSPS) is 7.00. The van der Waals surface area contributed by atoms with E-state index in [0.717, 1.165) is 6.42 Å². The Balaban J connectivity index is -0.000000125. The second kappa shape index (κ2) is 7.52. The summed E-state index contributed by atoms with van der Waals surface area (Å²) in [5.74, 6) is -0.711. The van der Waals surface area contributed by atoms with E-state index in [-0.39, 0.29) is 70.3 Å². The summed E-state index contributed by atoms with van der Waals surface area (Å²) in [6.45, 7) is 1.84. The topological polar surface area (TPSA) is 37.3 Å². The minimum atomic E-state index is -0.711. The van der Waals surface area contributed by atoms with Crippen molar-refractivity contribution in [1.29, 1.82) is 0 Å². The summed E-state index contributed by atoms with van der Waals surface area (Å²) in [5.41, 5.74) is 0. The third-order valence-electron chi connectivity index (χ3n) is 0.464. The van der Waals surface area contributed by atoms with Crippen LogP contribution in [0.1, 0.15) is 21.2 Å². The number of aliphatic carboxylic acids is 1. The maximum absolute atomic E-state index is 9.60. The van der Waals surface area contributed by atoms with E-state index in [9.17, 15) is 4.79 Å². The van der Waals surface area contributed by atoms with E-state index in [4.69, 9.17) is 5.11 Å². The quantitative estimate of drug-likeness (QED) is 0.586. The predicted molar refractivity (Wildman–Crippen MR) is 23.7 cm³/mol. The molecule has 0 aromatic heterocycles. The average molecular weight is 222 g/mol. The molecule has 0 heterocycles. The minimum absolute atomic E-state index is 0. The zero-order valence-electron chi connectivity index (χ0n) is 5.77. The molecule has 2 nitrogen and oxygen atoms in total. The van der Waals surface area contributed by atoms with Gasteiger partial charge in [-0.2, -0.15) is 0 Å². The van der Waals surface area contributed by atoms with Gasteiger partial charge in [0, 0.05) is 6.42 Å². The van der Waals surface area contributed by atoms with Gasteiger partial charge in [0.2, 0.25) is 0 Å². The van der Waals surface area contributed by atoms with Gasteiger partial charge >= 0.3 is 74.9 Å². The Morgan fingerprint density at radius 3 is 2.29 bits per heavy atom. The first-order valence-electron chi connectivity index (χ1n) is 1.99. The molecule has 0 spiro atoms. The summed E-state index contributed by atoms with van der Waals surface area (Å²) in [6, 6.07) is 0. The molecule has 3 heteroatoms. The van der Waals surface area contributed by atoms with E-state index in [0.29, 0.717) is 6.42 Å². The molecule has 0 atom stereocenters. The van der Waals surface area contributed by atoms with Gasteiger partial charge in [0.1, 0.15) is 0 Å². The van der Waals surface area contributed by atoms with Gasteiger partial charge in [0.15, 0.2) is 0 Å². The number of carboxylic acid groups (broad SMARTS) is 1. The van der Waals surface area contributed by atoms with Crippen LogP contribution in [0.25, 0.3) is 0 Å². The molecule has 0 amide bonds. The fourth-order valence-electron chi connectivity index (χ4n) is 0.214. The van der Waals surface area contributed by atoms with E-state index in [1.54, 1.807) is 0 Å². The number of carbonyl (C=O) groups is 1. The largest absolute Gasteiger partial charge is 1.00 e. The standard InChI is InChI=1S/C4H8O2.Cs.H/c1-2-3-4(5)6;;/h2-3H2,1H3,(H,5,6);;/q;+1;-1. The van der Waals surface area contributed by atoms with E-state index in [2.05, 4.69) is 0 Å². The van der Waals surface area contributed by atoms with E-state index in [1.807, 2.05) is 6.92 Å². The maximum Gasteiger partial charge on any atom is 1.00 e. The zero-order chi connectivity index (χ0) is 4.99. The molecule has 7 heavy (non-hydrogen) atoms. The summed E-state index contributed by atoms with van der Waals surface area (Å²) < 4.78 is 0. The van der Waals surface area contributed by atoms with Crippen LogP contribution in [0.3, 0.4) is 0 Å². The Labute approximate surface area is 104 Å². The Bertz CT molecular complexity index is 58.0. The third-order valence-corrected chi connectivity index (χ3v) is 0.464.